The smallest absolute Gasteiger partial charge is 0.309 e. The summed E-state index contributed by atoms with van der Waals surface area (Å²) in [5, 5.41) is 20.1. The molecule has 0 aromatic heterocycles. The molecule has 1 aliphatic heterocycles. The van der Waals surface area contributed by atoms with Gasteiger partial charge in [0, 0.05) is 6.42 Å². The van der Waals surface area contributed by atoms with Crippen molar-refractivity contribution in [1.82, 2.24) is 0 Å². The first-order chi connectivity index (χ1) is 7.56. The van der Waals surface area contributed by atoms with E-state index in [0.29, 0.717) is 12.8 Å². The number of hydrogen-bond acceptors (Lipinski definition) is 3. The zero-order valence-corrected chi connectivity index (χ0v) is 11.4. The van der Waals surface area contributed by atoms with E-state index in [1.54, 1.807) is 13.8 Å². The van der Waals surface area contributed by atoms with E-state index in [1.807, 2.05) is 20.8 Å². The molecule has 0 spiro atoms. The van der Waals surface area contributed by atoms with Crippen LogP contribution >= 0.6 is 0 Å². The van der Waals surface area contributed by atoms with Crippen LogP contribution in [-0.2, 0) is 9.53 Å². The van der Waals surface area contributed by atoms with Gasteiger partial charge in [0.25, 0.3) is 0 Å². The minimum Gasteiger partial charge on any atom is -0.481 e. The molecule has 0 bridgehead atoms. The van der Waals surface area contributed by atoms with Crippen LogP contribution in [0.1, 0.15) is 53.9 Å². The lowest BCUT2D eigenvalue weighted by molar-refractivity contribution is -0.174. The number of rotatable bonds is 4. The second-order valence-corrected chi connectivity index (χ2v) is 6.15. The first-order valence-electron chi connectivity index (χ1n) is 6.21. The van der Waals surface area contributed by atoms with Crippen molar-refractivity contribution in [3.8, 4) is 0 Å². The third-order valence-electron chi connectivity index (χ3n) is 3.72. The Morgan fingerprint density at radius 1 is 1.35 bits per heavy atom. The molecule has 1 aliphatic rings. The summed E-state index contributed by atoms with van der Waals surface area (Å²) in [7, 11) is 0. The fourth-order valence-corrected chi connectivity index (χ4v) is 3.08. The summed E-state index contributed by atoms with van der Waals surface area (Å²) >= 11 is 0. The van der Waals surface area contributed by atoms with Crippen molar-refractivity contribution in [1.29, 1.82) is 0 Å². The molecular weight excluding hydrogens is 220 g/mol. The highest BCUT2D eigenvalue weighted by molar-refractivity contribution is 5.72. The molecule has 17 heavy (non-hydrogen) atoms. The second kappa shape index (κ2) is 4.25. The lowest BCUT2D eigenvalue weighted by Gasteiger charge is -2.39. The molecule has 1 rings (SSSR count). The Labute approximate surface area is 103 Å². The van der Waals surface area contributed by atoms with Crippen molar-refractivity contribution in [3.05, 3.63) is 0 Å². The second-order valence-electron chi connectivity index (χ2n) is 6.15. The monoisotopic (exact) mass is 244 g/mol. The van der Waals surface area contributed by atoms with E-state index < -0.39 is 28.7 Å². The van der Waals surface area contributed by atoms with Crippen LogP contribution in [0.3, 0.4) is 0 Å². The van der Waals surface area contributed by atoms with Crippen LogP contribution < -0.4 is 0 Å². The molecule has 0 radical (unpaired) electrons. The Bertz CT molecular complexity index is 309. The van der Waals surface area contributed by atoms with Crippen molar-refractivity contribution in [2.75, 3.05) is 0 Å². The third-order valence-corrected chi connectivity index (χ3v) is 3.72. The zero-order chi connectivity index (χ0) is 13.5. The van der Waals surface area contributed by atoms with Gasteiger partial charge in [-0.3, -0.25) is 4.79 Å². The highest BCUT2D eigenvalue weighted by Gasteiger charge is 2.61. The molecule has 0 saturated carbocycles. The molecule has 1 fully saturated rings. The summed E-state index contributed by atoms with van der Waals surface area (Å²) in [6.45, 7) is 9.24. The minimum atomic E-state index is -1.31. The van der Waals surface area contributed by atoms with E-state index in [1.165, 1.54) is 0 Å². The summed E-state index contributed by atoms with van der Waals surface area (Å²) < 4.78 is 5.82. The summed E-state index contributed by atoms with van der Waals surface area (Å²) in [6.07, 6.45) is 1.55. The number of carbonyl (C=O) groups is 1. The van der Waals surface area contributed by atoms with Crippen molar-refractivity contribution in [2.24, 2.45) is 5.92 Å². The highest BCUT2D eigenvalue weighted by Crippen LogP contribution is 2.49. The van der Waals surface area contributed by atoms with E-state index in [0.717, 1.165) is 6.42 Å². The largest absolute Gasteiger partial charge is 0.481 e. The maximum absolute atomic E-state index is 11.4. The number of carboxylic acids is 1. The van der Waals surface area contributed by atoms with E-state index in [-0.39, 0.29) is 0 Å². The van der Waals surface area contributed by atoms with Crippen LogP contribution in [0.4, 0.5) is 0 Å². The average Bonchev–Trinajstić information content (AvgIpc) is 2.26. The predicted molar refractivity (Wildman–Crippen MR) is 64.8 cm³/mol. The lowest BCUT2D eigenvalue weighted by Crippen LogP contribution is -2.54. The number of ether oxygens (including phenoxy) is 1. The van der Waals surface area contributed by atoms with Gasteiger partial charge in [0.05, 0.1) is 17.1 Å². The van der Waals surface area contributed by atoms with Crippen molar-refractivity contribution in [3.63, 3.8) is 0 Å². The molecule has 1 saturated heterocycles. The van der Waals surface area contributed by atoms with E-state index >= 15 is 0 Å². The van der Waals surface area contributed by atoms with Gasteiger partial charge < -0.3 is 14.9 Å². The maximum atomic E-state index is 11.4. The molecule has 2 N–H and O–H groups in total. The first kappa shape index (κ1) is 14.5. The summed E-state index contributed by atoms with van der Waals surface area (Å²) in [4.78, 5) is 11.4. The van der Waals surface area contributed by atoms with Crippen LogP contribution in [0.25, 0.3) is 0 Å². The number of aliphatic carboxylic acids is 1. The molecular formula is C13H24O4. The van der Waals surface area contributed by atoms with E-state index in [2.05, 4.69) is 0 Å². The molecule has 2 unspecified atom stereocenters. The maximum Gasteiger partial charge on any atom is 0.309 e. The minimum absolute atomic E-state index is 0.351. The normalized spacial score (nSPS) is 32.4. The molecule has 4 heteroatoms. The first-order valence-corrected chi connectivity index (χ1v) is 6.21. The fraction of sp³-hybridized carbons (Fsp3) is 0.923. The van der Waals surface area contributed by atoms with Gasteiger partial charge in [-0.2, -0.15) is 0 Å². The van der Waals surface area contributed by atoms with Crippen molar-refractivity contribution in [2.45, 2.75) is 70.7 Å². The number of hydrogen-bond donors (Lipinski definition) is 2. The summed E-state index contributed by atoms with van der Waals surface area (Å²) in [5.41, 5.74) is -2.63. The molecule has 0 aromatic carbocycles. The Morgan fingerprint density at radius 3 is 2.18 bits per heavy atom. The Hall–Kier alpha value is -0.610. The summed E-state index contributed by atoms with van der Waals surface area (Å²) in [5.74, 6) is -1.71. The van der Waals surface area contributed by atoms with Gasteiger partial charge in [0.2, 0.25) is 0 Å². The van der Waals surface area contributed by atoms with E-state index in [9.17, 15) is 15.0 Å². The summed E-state index contributed by atoms with van der Waals surface area (Å²) in [6, 6.07) is 0. The highest BCUT2D eigenvalue weighted by atomic mass is 16.5. The number of aliphatic hydroxyl groups is 1. The topological polar surface area (TPSA) is 66.8 Å². The van der Waals surface area contributed by atoms with Crippen LogP contribution in [0.15, 0.2) is 0 Å². The standard InChI is InChI=1S/C13H24O4/c1-6-7-9(10(14)15)13(16)8-11(2,3)17-12(13,4)5/h9,16H,6-8H2,1-5H3,(H,14,15). The van der Waals surface area contributed by atoms with Gasteiger partial charge in [-0.05, 0) is 34.1 Å². The van der Waals surface area contributed by atoms with Gasteiger partial charge in [-0.15, -0.1) is 0 Å². The van der Waals surface area contributed by atoms with Gasteiger partial charge >= 0.3 is 5.97 Å². The molecule has 1 heterocycles. The van der Waals surface area contributed by atoms with Crippen molar-refractivity contribution < 1.29 is 19.7 Å². The van der Waals surface area contributed by atoms with E-state index in [4.69, 9.17) is 4.74 Å². The Balaban J connectivity index is 3.10. The SMILES string of the molecule is CCCC(C(=O)O)C1(O)CC(C)(C)OC1(C)C. The third kappa shape index (κ3) is 2.47. The zero-order valence-electron chi connectivity index (χ0n) is 11.4. The lowest BCUT2D eigenvalue weighted by atomic mass is 9.71. The van der Waals surface area contributed by atoms with Crippen LogP contribution in [-0.4, -0.2) is 33.0 Å². The average molecular weight is 244 g/mol. The van der Waals surface area contributed by atoms with Gasteiger partial charge in [-0.1, -0.05) is 13.3 Å². The fourth-order valence-electron chi connectivity index (χ4n) is 3.08. The molecule has 4 nitrogen and oxygen atoms in total. The molecule has 0 amide bonds. The van der Waals surface area contributed by atoms with Gasteiger partial charge in [0.1, 0.15) is 5.60 Å². The van der Waals surface area contributed by atoms with Crippen LogP contribution in [0.5, 0.6) is 0 Å². The molecule has 0 aliphatic carbocycles. The van der Waals surface area contributed by atoms with Crippen LogP contribution in [0.2, 0.25) is 0 Å². The van der Waals surface area contributed by atoms with Crippen molar-refractivity contribution >= 4 is 5.97 Å². The quantitative estimate of drug-likeness (QED) is 0.795. The van der Waals surface area contributed by atoms with Gasteiger partial charge in [0.15, 0.2) is 0 Å². The molecule has 2 atom stereocenters. The Morgan fingerprint density at radius 2 is 1.88 bits per heavy atom. The number of carboxylic acid groups (broad SMARTS) is 1. The molecule has 0 aromatic rings. The molecule has 100 valence electrons. The van der Waals surface area contributed by atoms with Crippen LogP contribution in [0, 0.1) is 5.92 Å². The Kier molecular flexibility index (Phi) is 3.61. The predicted octanol–water partition coefficient (Wildman–Crippen LogP) is 2.20. The van der Waals surface area contributed by atoms with Gasteiger partial charge in [-0.25, -0.2) is 0 Å².